The second-order valence-electron chi connectivity index (χ2n) is 3.80. The number of rotatable bonds is 4. The molecule has 1 aromatic rings. The average molecular weight is 256 g/mol. The van der Waals surface area contributed by atoms with Crippen molar-refractivity contribution in [1.29, 1.82) is 0 Å². The van der Waals surface area contributed by atoms with Crippen molar-refractivity contribution < 1.29 is 14.3 Å². The third-order valence-corrected chi connectivity index (χ3v) is 3.54. The minimum absolute atomic E-state index is 0.0237. The van der Waals surface area contributed by atoms with Gasteiger partial charge in [0.2, 0.25) is 0 Å². The molecule has 5 nitrogen and oxygen atoms in total. The number of anilines is 1. The van der Waals surface area contributed by atoms with Crippen LogP contribution in [0.4, 0.5) is 5.13 Å². The molecule has 0 radical (unpaired) electrons. The summed E-state index contributed by atoms with van der Waals surface area (Å²) in [5.41, 5.74) is 0.703. The van der Waals surface area contributed by atoms with Gasteiger partial charge >= 0.3 is 5.97 Å². The van der Waals surface area contributed by atoms with Crippen LogP contribution in [-0.2, 0) is 9.47 Å². The monoisotopic (exact) mass is 256 g/mol. The molecule has 0 saturated carbocycles. The summed E-state index contributed by atoms with van der Waals surface area (Å²) in [4.78, 5) is 16.5. The van der Waals surface area contributed by atoms with Gasteiger partial charge < -0.3 is 14.8 Å². The highest BCUT2D eigenvalue weighted by molar-refractivity contribution is 7.17. The van der Waals surface area contributed by atoms with Crippen molar-refractivity contribution >= 4 is 22.4 Å². The van der Waals surface area contributed by atoms with Crippen LogP contribution < -0.4 is 5.32 Å². The quantitative estimate of drug-likeness (QED) is 0.837. The summed E-state index contributed by atoms with van der Waals surface area (Å²) in [6, 6.07) is 0. The molecule has 1 fully saturated rings. The Morgan fingerprint density at radius 3 is 3.18 bits per heavy atom. The maximum atomic E-state index is 11.6. The predicted molar refractivity (Wildman–Crippen MR) is 65.4 cm³/mol. The molecule has 2 rings (SSSR count). The second-order valence-corrected chi connectivity index (χ2v) is 4.80. The summed E-state index contributed by atoms with van der Waals surface area (Å²) in [7, 11) is 0. The summed E-state index contributed by atoms with van der Waals surface area (Å²) < 4.78 is 10.4. The van der Waals surface area contributed by atoms with Crippen molar-refractivity contribution in [2.75, 3.05) is 18.5 Å². The van der Waals surface area contributed by atoms with Crippen molar-refractivity contribution in [3.05, 3.63) is 10.6 Å². The lowest BCUT2D eigenvalue weighted by Crippen LogP contribution is -2.16. The highest BCUT2D eigenvalue weighted by Crippen LogP contribution is 2.25. The van der Waals surface area contributed by atoms with Crippen LogP contribution in [0.25, 0.3) is 0 Å². The van der Waals surface area contributed by atoms with E-state index in [1.165, 1.54) is 11.3 Å². The number of aryl methyl sites for hydroxylation is 1. The molecule has 6 heteroatoms. The van der Waals surface area contributed by atoms with E-state index in [0.717, 1.165) is 24.6 Å². The number of hydrogen-bond acceptors (Lipinski definition) is 6. The molecule has 0 unspecified atom stereocenters. The van der Waals surface area contributed by atoms with E-state index in [1.54, 1.807) is 6.92 Å². The number of carbonyl (C=O) groups is 1. The van der Waals surface area contributed by atoms with Crippen molar-refractivity contribution in [2.24, 2.45) is 0 Å². The Labute approximate surface area is 104 Å². The average Bonchev–Trinajstić information content (AvgIpc) is 2.89. The Hall–Kier alpha value is -1.14. The normalized spacial score (nSPS) is 19.3. The molecule has 17 heavy (non-hydrogen) atoms. The molecule has 0 amide bonds. The van der Waals surface area contributed by atoms with Crippen LogP contribution in [0.15, 0.2) is 0 Å². The Bertz CT molecular complexity index is 399. The summed E-state index contributed by atoms with van der Waals surface area (Å²) >= 11 is 1.32. The fourth-order valence-corrected chi connectivity index (χ4v) is 2.58. The van der Waals surface area contributed by atoms with E-state index < -0.39 is 0 Å². The number of carbonyl (C=O) groups excluding carboxylic acids is 1. The minimum atomic E-state index is -0.303. The lowest BCUT2D eigenvalue weighted by Gasteiger charge is -2.09. The topological polar surface area (TPSA) is 60.5 Å². The number of ether oxygens (including phenoxy) is 2. The van der Waals surface area contributed by atoms with Gasteiger partial charge in [-0.1, -0.05) is 11.3 Å². The summed E-state index contributed by atoms with van der Waals surface area (Å²) in [6.45, 7) is 4.76. The van der Waals surface area contributed by atoms with Gasteiger partial charge in [-0.3, -0.25) is 0 Å². The lowest BCUT2D eigenvalue weighted by molar-refractivity contribution is 0.0531. The molecule has 1 aromatic heterocycles. The number of hydrogen-bond donors (Lipinski definition) is 1. The third-order valence-electron chi connectivity index (χ3n) is 2.47. The maximum absolute atomic E-state index is 11.6. The molecule has 1 aliphatic heterocycles. The van der Waals surface area contributed by atoms with Crippen LogP contribution in [0.1, 0.15) is 35.1 Å². The summed E-state index contributed by atoms with van der Waals surface area (Å²) in [6.07, 6.45) is 2.07. The number of nitrogens with zero attached hydrogens (tertiary/aromatic N) is 1. The fraction of sp³-hybridized carbons (Fsp3) is 0.636. The first-order valence-electron chi connectivity index (χ1n) is 5.73. The van der Waals surface area contributed by atoms with Gasteiger partial charge in [0.25, 0.3) is 0 Å². The van der Waals surface area contributed by atoms with Crippen LogP contribution in [0.2, 0.25) is 0 Å². The SMILES string of the molecule is CCOC(=O)c1sc(N[C@H]2CCCO2)nc1C. The zero-order valence-electron chi connectivity index (χ0n) is 9.99. The molecule has 94 valence electrons. The van der Waals surface area contributed by atoms with Crippen molar-refractivity contribution in [1.82, 2.24) is 4.98 Å². The van der Waals surface area contributed by atoms with Gasteiger partial charge in [0.05, 0.1) is 12.3 Å². The minimum Gasteiger partial charge on any atom is -0.462 e. The van der Waals surface area contributed by atoms with E-state index in [4.69, 9.17) is 9.47 Å². The fourth-order valence-electron chi connectivity index (χ4n) is 1.67. The first-order valence-corrected chi connectivity index (χ1v) is 6.55. The molecule has 0 spiro atoms. The molecule has 0 aromatic carbocycles. The van der Waals surface area contributed by atoms with Gasteiger partial charge in [-0.25, -0.2) is 9.78 Å². The second kappa shape index (κ2) is 5.46. The summed E-state index contributed by atoms with van der Waals surface area (Å²) in [5, 5.41) is 3.90. The third kappa shape index (κ3) is 2.95. The van der Waals surface area contributed by atoms with Crippen molar-refractivity contribution in [3.63, 3.8) is 0 Å². The number of thiazole rings is 1. The van der Waals surface area contributed by atoms with E-state index in [0.29, 0.717) is 17.2 Å². The lowest BCUT2D eigenvalue weighted by atomic mass is 10.3. The molecule has 1 N–H and O–H groups in total. The Balaban J connectivity index is 2.04. The van der Waals surface area contributed by atoms with Crippen molar-refractivity contribution in [3.8, 4) is 0 Å². The van der Waals surface area contributed by atoms with Gasteiger partial charge in [-0.2, -0.15) is 0 Å². The van der Waals surface area contributed by atoms with E-state index >= 15 is 0 Å². The van der Waals surface area contributed by atoms with Gasteiger partial charge in [0, 0.05) is 6.61 Å². The van der Waals surface area contributed by atoms with E-state index in [1.807, 2.05) is 6.92 Å². The van der Waals surface area contributed by atoms with E-state index in [2.05, 4.69) is 10.3 Å². The molecule has 2 heterocycles. The molecule has 1 atom stereocenters. The molecule has 0 aliphatic carbocycles. The number of esters is 1. The largest absolute Gasteiger partial charge is 0.462 e. The highest BCUT2D eigenvalue weighted by Gasteiger charge is 2.20. The van der Waals surface area contributed by atoms with Crippen LogP contribution in [0.3, 0.4) is 0 Å². The Morgan fingerprint density at radius 2 is 2.53 bits per heavy atom. The van der Waals surface area contributed by atoms with E-state index in [9.17, 15) is 4.79 Å². The maximum Gasteiger partial charge on any atom is 0.350 e. The zero-order valence-corrected chi connectivity index (χ0v) is 10.8. The Morgan fingerprint density at radius 1 is 1.71 bits per heavy atom. The van der Waals surface area contributed by atoms with E-state index in [-0.39, 0.29) is 12.2 Å². The van der Waals surface area contributed by atoms with Crippen LogP contribution in [0.5, 0.6) is 0 Å². The number of aromatic nitrogens is 1. The van der Waals surface area contributed by atoms with Crippen LogP contribution in [0, 0.1) is 6.92 Å². The van der Waals surface area contributed by atoms with Gasteiger partial charge in [-0.05, 0) is 26.7 Å². The molecule has 1 aliphatic rings. The molecular formula is C11H16N2O3S. The molecule has 0 bridgehead atoms. The Kier molecular flexibility index (Phi) is 3.96. The van der Waals surface area contributed by atoms with Gasteiger partial charge in [0.1, 0.15) is 11.1 Å². The van der Waals surface area contributed by atoms with Crippen molar-refractivity contribution in [2.45, 2.75) is 32.9 Å². The van der Waals surface area contributed by atoms with Gasteiger partial charge in [-0.15, -0.1) is 0 Å². The molecule has 1 saturated heterocycles. The first-order chi connectivity index (χ1) is 8.20. The highest BCUT2D eigenvalue weighted by atomic mass is 32.1. The van der Waals surface area contributed by atoms with Gasteiger partial charge in [0.15, 0.2) is 5.13 Å². The summed E-state index contributed by atoms with van der Waals surface area (Å²) in [5.74, 6) is -0.303. The zero-order chi connectivity index (χ0) is 12.3. The van der Waals surface area contributed by atoms with Crippen LogP contribution >= 0.6 is 11.3 Å². The standard InChI is InChI=1S/C11H16N2O3S/c1-3-15-10(14)9-7(2)12-11(17-9)13-8-5-4-6-16-8/h8H,3-6H2,1-2H3,(H,12,13)/t8-/m1/s1. The van der Waals surface area contributed by atoms with Crippen LogP contribution in [-0.4, -0.2) is 30.4 Å². The number of nitrogens with one attached hydrogen (secondary N) is 1. The molecular weight excluding hydrogens is 240 g/mol. The smallest absolute Gasteiger partial charge is 0.350 e. The predicted octanol–water partition coefficient (Wildman–Crippen LogP) is 2.18. The first kappa shape index (κ1) is 12.3.